The van der Waals surface area contributed by atoms with Gasteiger partial charge in [0, 0.05) is 31.7 Å². The molecule has 0 unspecified atom stereocenters. The van der Waals surface area contributed by atoms with Crippen molar-refractivity contribution in [1.82, 2.24) is 19.8 Å². The summed E-state index contributed by atoms with van der Waals surface area (Å²) in [5.41, 5.74) is 2.52. The Morgan fingerprint density at radius 1 is 1.25 bits per heavy atom. The van der Waals surface area contributed by atoms with Crippen LogP contribution < -0.4 is 4.74 Å². The zero-order valence-electron chi connectivity index (χ0n) is 16.2. The monoisotopic (exact) mass is 382 g/mol. The molecule has 28 heavy (non-hydrogen) atoms. The summed E-state index contributed by atoms with van der Waals surface area (Å²) in [5.74, 6) is 1.000. The van der Waals surface area contributed by atoms with Crippen LogP contribution in [0.1, 0.15) is 24.6 Å². The van der Waals surface area contributed by atoms with Gasteiger partial charge in [-0.05, 0) is 25.0 Å². The lowest BCUT2D eigenvalue weighted by atomic mass is 10.1. The predicted molar refractivity (Wildman–Crippen MR) is 105 cm³/mol. The largest absolute Gasteiger partial charge is 0.497 e. The Morgan fingerprint density at radius 3 is 2.93 bits per heavy atom. The van der Waals surface area contributed by atoms with E-state index in [9.17, 15) is 4.79 Å². The van der Waals surface area contributed by atoms with E-state index in [1.54, 1.807) is 19.5 Å². The summed E-state index contributed by atoms with van der Waals surface area (Å²) in [7, 11) is 1.65. The van der Waals surface area contributed by atoms with Crippen LogP contribution in [0.5, 0.6) is 5.75 Å². The molecule has 0 N–H and O–H groups in total. The van der Waals surface area contributed by atoms with E-state index in [1.807, 2.05) is 29.2 Å². The Morgan fingerprint density at radius 2 is 2.11 bits per heavy atom. The van der Waals surface area contributed by atoms with E-state index in [4.69, 9.17) is 14.5 Å². The van der Waals surface area contributed by atoms with Gasteiger partial charge in [-0.3, -0.25) is 14.7 Å². The van der Waals surface area contributed by atoms with Gasteiger partial charge in [0.2, 0.25) is 5.91 Å². The minimum Gasteiger partial charge on any atom is -0.497 e. The summed E-state index contributed by atoms with van der Waals surface area (Å²) in [6, 6.07) is 7.77. The molecule has 0 saturated carbocycles. The van der Waals surface area contributed by atoms with Gasteiger partial charge in [0.15, 0.2) is 0 Å². The first-order valence-electron chi connectivity index (χ1n) is 9.81. The summed E-state index contributed by atoms with van der Waals surface area (Å²) < 4.78 is 11.2. The fourth-order valence-electron chi connectivity index (χ4n) is 3.74. The maximum Gasteiger partial charge on any atom is 0.236 e. The molecule has 2 saturated heterocycles. The summed E-state index contributed by atoms with van der Waals surface area (Å²) in [5, 5.41) is 0. The molecule has 1 aromatic heterocycles. The molecule has 3 heterocycles. The molecule has 2 aromatic rings. The van der Waals surface area contributed by atoms with Crippen molar-refractivity contribution in [2.24, 2.45) is 0 Å². The number of ether oxygens (including phenoxy) is 2. The number of benzene rings is 1. The Kier molecular flexibility index (Phi) is 5.83. The number of likely N-dealkylation sites (tertiary alicyclic amines) is 1. The number of rotatable bonds is 5. The second-order valence-corrected chi connectivity index (χ2v) is 7.24. The summed E-state index contributed by atoms with van der Waals surface area (Å²) in [4.78, 5) is 25.7. The lowest BCUT2D eigenvalue weighted by molar-refractivity contribution is -0.133. The van der Waals surface area contributed by atoms with Crippen molar-refractivity contribution in [1.29, 1.82) is 0 Å². The zero-order chi connectivity index (χ0) is 19.3. The van der Waals surface area contributed by atoms with Crippen LogP contribution in [0.3, 0.4) is 0 Å². The first kappa shape index (κ1) is 18.8. The van der Waals surface area contributed by atoms with E-state index in [0.717, 1.165) is 55.2 Å². The highest BCUT2D eigenvalue weighted by atomic mass is 16.5. The summed E-state index contributed by atoms with van der Waals surface area (Å²) >= 11 is 0. The molecule has 0 bridgehead atoms. The first-order chi connectivity index (χ1) is 13.7. The maximum absolute atomic E-state index is 12.5. The van der Waals surface area contributed by atoms with Gasteiger partial charge >= 0.3 is 0 Å². The van der Waals surface area contributed by atoms with E-state index in [2.05, 4.69) is 9.88 Å². The van der Waals surface area contributed by atoms with Crippen LogP contribution in [0.4, 0.5) is 0 Å². The zero-order valence-corrected chi connectivity index (χ0v) is 16.2. The molecule has 4 rings (SSSR count). The lowest BCUT2D eigenvalue weighted by Crippen LogP contribution is -2.45. The quantitative estimate of drug-likeness (QED) is 0.789. The van der Waals surface area contributed by atoms with Crippen molar-refractivity contribution in [3.8, 4) is 17.0 Å². The fourth-order valence-corrected chi connectivity index (χ4v) is 3.74. The highest BCUT2D eigenvalue weighted by molar-refractivity contribution is 5.78. The maximum atomic E-state index is 12.5. The third kappa shape index (κ3) is 4.31. The van der Waals surface area contributed by atoms with Crippen LogP contribution in [-0.4, -0.2) is 72.1 Å². The van der Waals surface area contributed by atoms with Crippen molar-refractivity contribution in [3.05, 3.63) is 42.4 Å². The highest BCUT2D eigenvalue weighted by Crippen LogP contribution is 2.25. The number of methoxy groups -OCH3 is 1. The molecular formula is C21H26N4O3. The van der Waals surface area contributed by atoms with Crippen LogP contribution in [0.15, 0.2) is 36.7 Å². The second-order valence-electron chi connectivity index (χ2n) is 7.24. The Hall–Kier alpha value is -2.51. The normalized spacial score (nSPS) is 20.3. The van der Waals surface area contributed by atoms with Gasteiger partial charge in [-0.25, -0.2) is 4.98 Å². The van der Waals surface area contributed by atoms with Crippen LogP contribution in [-0.2, 0) is 9.53 Å². The standard InChI is InChI=1S/C21H26N4O3/c1-27-17-6-4-5-16(11-17)18-12-22-13-19(23-18)20-14-24(9-10-28-20)15-21(26)25-7-2-3-8-25/h4-6,11-13,20H,2-3,7-10,14-15H2,1H3/t20-/m0/s1. The van der Waals surface area contributed by atoms with Crippen molar-refractivity contribution >= 4 is 5.91 Å². The molecule has 0 radical (unpaired) electrons. The molecular weight excluding hydrogens is 356 g/mol. The van der Waals surface area contributed by atoms with Gasteiger partial charge < -0.3 is 14.4 Å². The lowest BCUT2D eigenvalue weighted by Gasteiger charge is -2.33. The number of aromatic nitrogens is 2. The predicted octanol–water partition coefficient (Wildman–Crippen LogP) is 2.15. The molecule has 7 nitrogen and oxygen atoms in total. The molecule has 1 atom stereocenters. The third-order valence-electron chi connectivity index (χ3n) is 5.32. The van der Waals surface area contributed by atoms with E-state index < -0.39 is 0 Å². The van der Waals surface area contributed by atoms with Gasteiger partial charge in [0.05, 0.1) is 44.0 Å². The topological polar surface area (TPSA) is 67.8 Å². The molecule has 0 aliphatic carbocycles. The van der Waals surface area contributed by atoms with Crippen molar-refractivity contribution < 1.29 is 14.3 Å². The Bertz CT molecular complexity index is 823. The second kappa shape index (κ2) is 8.67. The molecule has 7 heteroatoms. The number of nitrogens with zero attached hydrogens (tertiary/aromatic N) is 4. The molecule has 148 valence electrons. The van der Waals surface area contributed by atoms with Crippen LogP contribution in [0, 0.1) is 0 Å². The number of hydrogen-bond donors (Lipinski definition) is 0. The fraction of sp³-hybridized carbons (Fsp3) is 0.476. The number of carbonyl (C=O) groups excluding carboxylic acids is 1. The van der Waals surface area contributed by atoms with Crippen LogP contribution in [0.25, 0.3) is 11.3 Å². The average Bonchev–Trinajstić information content (AvgIpc) is 3.29. The van der Waals surface area contributed by atoms with Gasteiger partial charge in [0.25, 0.3) is 0 Å². The molecule has 2 aliphatic heterocycles. The minimum absolute atomic E-state index is 0.182. The number of carbonyl (C=O) groups is 1. The van der Waals surface area contributed by atoms with Gasteiger partial charge in [0.1, 0.15) is 11.9 Å². The van der Waals surface area contributed by atoms with E-state index >= 15 is 0 Å². The SMILES string of the molecule is COc1cccc(-c2cncc([C@@H]3CN(CC(=O)N4CCCC4)CCO3)n2)c1. The minimum atomic E-state index is -0.182. The van der Waals surface area contributed by atoms with Crippen molar-refractivity contribution in [2.75, 3.05) is 46.4 Å². The number of amides is 1. The van der Waals surface area contributed by atoms with Crippen LogP contribution >= 0.6 is 0 Å². The van der Waals surface area contributed by atoms with E-state index in [1.165, 1.54) is 0 Å². The molecule has 1 amide bonds. The number of hydrogen-bond acceptors (Lipinski definition) is 6. The summed E-state index contributed by atoms with van der Waals surface area (Å²) in [6.07, 6.45) is 5.54. The third-order valence-corrected chi connectivity index (χ3v) is 5.32. The highest BCUT2D eigenvalue weighted by Gasteiger charge is 2.27. The van der Waals surface area contributed by atoms with Crippen molar-refractivity contribution in [2.45, 2.75) is 18.9 Å². The molecule has 2 fully saturated rings. The first-order valence-corrected chi connectivity index (χ1v) is 9.81. The van der Waals surface area contributed by atoms with Crippen LogP contribution in [0.2, 0.25) is 0 Å². The van der Waals surface area contributed by atoms with Gasteiger partial charge in [-0.15, -0.1) is 0 Å². The van der Waals surface area contributed by atoms with Gasteiger partial charge in [-0.1, -0.05) is 12.1 Å². The number of morpholine rings is 1. The van der Waals surface area contributed by atoms with Crippen molar-refractivity contribution in [3.63, 3.8) is 0 Å². The Labute approximate surface area is 165 Å². The summed E-state index contributed by atoms with van der Waals surface area (Å²) in [6.45, 7) is 4.22. The molecule has 0 spiro atoms. The molecule has 2 aliphatic rings. The van der Waals surface area contributed by atoms with Gasteiger partial charge in [-0.2, -0.15) is 0 Å². The Balaban J connectivity index is 1.45. The van der Waals surface area contributed by atoms with E-state index in [0.29, 0.717) is 19.7 Å². The average molecular weight is 382 g/mol. The molecule has 1 aromatic carbocycles. The van der Waals surface area contributed by atoms with E-state index in [-0.39, 0.29) is 12.0 Å². The smallest absolute Gasteiger partial charge is 0.236 e.